The lowest BCUT2D eigenvalue weighted by Gasteiger charge is -2.04. The third kappa shape index (κ3) is 1.65. The summed E-state index contributed by atoms with van der Waals surface area (Å²) in [6.07, 6.45) is 0. The Balaban J connectivity index is 2.57. The molecule has 0 atom stereocenters. The van der Waals surface area contributed by atoms with Crippen LogP contribution in [0.25, 0.3) is 5.69 Å². The van der Waals surface area contributed by atoms with Crippen LogP contribution in [-0.4, -0.2) is 14.8 Å². The summed E-state index contributed by atoms with van der Waals surface area (Å²) in [6.45, 7) is 3.49. The van der Waals surface area contributed by atoms with E-state index in [0.717, 1.165) is 0 Å². The third-order valence-corrected chi connectivity index (χ3v) is 2.18. The Hall–Kier alpha value is -2.22. The molecule has 0 unspecified atom stereocenters. The number of hydrogen-bond donors (Lipinski definition) is 0. The number of aromatic nitrogens is 3. The maximum atomic E-state index is 13.7. The molecule has 0 amide bonds. The first kappa shape index (κ1) is 10.3. The average molecular weight is 216 g/mol. The van der Waals surface area contributed by atoms with Crippen LogP contribution in [0.1, 0.15) is 17.2 Å². The van der Waals surface area contributed by atoms with Crippen molar-refractivity contribution in [2.75, 3.05) is 0 Å². The highest BCUT2D eigenvalue weighted by molar-refractivity contribution is 5.40. The quantitative estimate of drug-likeness (QED) is 0.731. The molecule has 80 valence electrons. The number of hydrogen-bond acceptors (Lipinski definition) is 3. The summed E-state index contributed by atoms with van der Waals surface area (Å²) in [5.41, 5.74) is 0.591. The van der Waals surface area contributed by atoms with Gasteiger partial charge in [-0.15, -0.1) is 0 Å². The summed E-state index contributed by atoms with van der Waals surface area (Å²) < 4.78 is 15.1. The topological polar surface area (TPSA) is 54.5 Å². The van der Waals surface area contributed by atoms with Gasteiger partial charge in [0, 0.05) is 0 Å². The standard InChI is InChI=1S/C11H9FN4/c1-7-14-8(2)16(15-7)11-4-3-9(6-13)5-10(11)12/h3-5H,1-2H3. The van der Waals surface area contributed by atoms with Crippen LogP contribution in [0.15, 0.2) is 18.2 Å². The van der Waals surface area contributed by atoms with Gasteiger partial charge in [0.15, 0.2) is 0 Å². The molecule has 0 aliphatic heterocycles. The van der Waals surface area contributed by atoms with Crippen LogP contribution in [0.4, 0.5) is 4.39 Å². The molecule has 0 bridgehead atoms. The van der Waals surface area contributed by atoms with Gasteiger partial charge in [0.2, 0.25) is 0 Å². The average Bonchev–Trinajstić information content (AvgIpc) is 2.57. The van der Waals surface area contributed by atoms with Crippen molar-refractivity contribution in [2.24, 2.45) is 0 Å². The first-order valence-corrected chi connectivity index (χ1v) is 4.72. The molecule has 0 fully saturated rings. The zero-order valence-electron chi connectivity index (χ0n) is 8.90. The van der Waals surface area contributed by atoms with Crippen molar-refractivity contribution in [1.82, 2.24) is 14.8 Å². The minimum absolute atomic E-state index is 0.288. The summed E-state index contributed by atoms with van der Waals surface area (Å²) in [7, 11) is 0. The summed E-state index contributed by atoms with van der Waals surface area (Å²) in [5, 5.41) is 12.7. The van der Waals surface area contributed by atoms with Crippen molar-refractivity contribution in [3.05, 3.63) is 41.2 Å². The predicted molar refractivity (Wildman–Crippen MR) is 55.5 cm³/mol. The number of benzene rings is 1. The Morgan fingerprint density at radius 3 is 2.62 bits per heavy atom. The SMILES string of the molecule is Cc1nc(C)n(-c2ccc(C#N)cc2F)n1. The van der Waals surface area contributed by atoms with E-state index in [1.165, 1.54) is 16.8 Å². The molecule has 0 saturated carbocycles. The van der Waals surface area contributed by atoms with Crippen LogP contribution in [-0.2, 0) is 0 Å². The highest BCUT2D eigenvalue weighted by Gasteiger charge is 2.10. The van der Waals surface area contributed by atoms with Crippen molar-refractivity contribution in [3.63, 3.8) is 0 Å². The predicted octanol–water partition coefficient (Wildman–Crippen LogP) is 1.89. The highest BCUT2D eigenvalue weighted by Crippen LogP contribution is 2.15. The summed E-state index contributed by atoms with van der Waals surface area (Å²) >= 11 is 0. The Kier molecular flexibility index (Phi) is 2.41. The van der Waals surface area contributed by atoms with Gasteiger partial charge in [-0.25, -0.2) is 14.1 Å². The second kappa shape index (κ2) is 3.74. The number of aryl methyl sites for hydroxylation is 2. The first-order valence-electron chi connectivity index (χ1n) is 4.72. The van der Waals surface area contributed by atoms with E-state index in [9.17, 15) is 4.39 Å². The fourth-order valence-electron chi connectivity index (χ4n) is 1.50. The van der Waals surface area contributed by atoms with E-state index in [1.54, 1.807) is 19.9 Å². The molecule has 0 spiro atoms. The van der Waals surface area contributed by atoms with E-state index in [1.807, 2.05) is 6.07 Å². The molecule has 2 aromatic rings. The zero-order valence-corrected chi connectivity index (χ0v) is 8.90. The maximum absolute atomic E-state index is 13.7. The minimum Gasteiger partial charge on any atom is -0.217 e. The molecule has 1 aromatic heterocycles. The molecular formula is C11H9FN4. The molecule has 16 heavy (non-hydrogen) atoms. The number of nitrogens with zero attached hydrogens (tertiary/aromatic N) is 4. The fraction of sp³-hybridized carbons (Fsp3) is 0.182. The van der Waals surface area contributed by atoms with Gasteiger partial charge < -0.3 is 0 Å². The van der Waals surface area contributed by atoms with E-state index in [0.29, 0.717) is 17.3 Å². The summed E-state index contributed by atoms with van der Waals surface area (Å²) in [5.74, 6) is 0.717. The molecule has 0 aliphatic carbocycles. The van der Waals surface area contributed by atoms with E-state index < -0.39 is 5.82 Å². The molecule has 1 aromatic carbocycles. The van der Waals surface area contributed by atoms with Gasteiger partial charge in [0.05, 0.1) is 11.6 Å². The lowest BCUT2D eigenvalue weighted by molar-refractivity contribution is 0.607. The Labute approximate surface area is 92.0 Å². The second-order valence-corrected chi connectivity index (χ2v) is 3.40. The molecule has 0 aliphatic rings. The first-order chi connectivity index (χ1) is 7.61. The number of nitriles is 1. The molecule has 0 N–H and O–H groups in total. The molecule has 4 nitrogen and oxygen atoms in total. The van der Waals surface area contributed by atoms with Crippen LogP contribution >= 0.6 is 0 Å². The van der Waals surface area contributed by atoms with Crippen molar-refractivity contribution in [1.29, 1.82) is 5.26 Å². The van der Waals surface area contributed by atoms with Crippen LogP contribution in [0.2, 0.25) is 0 Å². The van der Waals surface area contributed by atoms with Crippen LogP contribution in [0.3, 0.4) is 0 Å². The Morgan fingerprint density at radius 2 is 2.12 bits per heavy atom. The smallest absolute Gasteiger partial charge is 0.150 e. The maximum Gasteiger partial charge on any atom is 0.150 e. The summed E-state index contributed by atoms with van der Waals surface area (Å²) in [4.78, 5) is 4.09. The van der Waals surface area contributed by atoms with Gasteiger partial charge in [-0.05, 0) is 32.0 Å². The number of halogens is 1. The van der Waals surface area contributed by atoms with Gasteiger partial charge in [-0.1, -0.05) is 0 Å². The van der Waals surface area contributed by atoms with Gasteiger partial charge in [0.1, 0.15) is 23.2 Å². The van der Waals surface area contributed by atoms with Crippen molar-refractivity contribution in [2.45, 2.75) is 13.8 Å². The summed E-state index contributed by atoms with van der Waals surface area (Å²) in [6, 6.07) is 6.14. The zero-order chi connectivity index (χ0) is 11.7. The Morgan fingerprint density at radius 1 is 1.38 bits per heavy atom. The van der Waals surface area contributed by atoms with Gasteiger partial charge in [0.25, 0.3) is 0 Å². The van der Waals surface area contributed by atoms with Crippen LogP contribution in [0.5, 0.6) is 0 Å². The van der Waals surface area contributed by atoms with Crippen molar-refractivity contribution in [3.8, 4) is 11.8 Å². The van der Waals surface area contributed by atoms with Crippen molar-refractivity contribution >= 4 is 0 Å². The van der Waals surface area contributed by atoms with Gasteiger partial charge >= 0.3 is 0 Å². The van der Waals surface area contributed by atoms with Gasteiger partial charge in [-0.3, -0.25) is 0 Å². The molecule has 1 heterocycles. The minimum atomic E-state index is -0.480. The molecule has 2 rings (SSSR count). The molecular weight excluding hydrogens is 207 g/mol. The highest BCUT2D eigenvalue weighted by atomic mass is 19.1. The van der Waals surface area contributed by atoms with Gasteiger partial charge in [-0.2, -0.15) is 10.4 Å². The second-order valence-electron chi connectivity index (χ2n) is 3.40. The number of rotatable bonds is 1. The van der Waals surface area contributed by atoms with Crippen LogP contribution < -0.4 is 0 Å². The van der Waals surface area contributed by atoms with E-state index in [4.69, 9.17) is 5.26 Å². The molecule has 5 heteroatoms. The van der Waals surface area contributed by atoms with E-state index in [2.05, 4.69) is 10.1 Å². The largest absolute Gasteiger partial charge is 0.217 e. The monoisotopic (exact) mass is 216 g/mol. The Bertz CT molecular complexity index is 580. The van der Waals surface area contributed by atoms with E-state index in [-0.39, 0.29) is 5.56 Å². The lowest BCUT2D eigenvalue weighted by Crippen LogP contribution is -2.02. The molecule has 0 radical (unpaired) electrons. The normalized spacial score (nSPS) is 10.1. The molecule has 0 saturated heterocycles. The van der Waals surface area contributed by atoms with E-state index >= 15 is 0 Å². The third-order valence-electron chi connectivity index (χ3n) is 2.18. The fourth-order valence-corrected chi connectivity index (χ4v) is 1.50. The van der Waals surface area contributed by atoms with Crippen molar-refractivity contribution < 1.29 is 4.39 Å². The van der Waals surface area contributed by atoms with Crippen LogP contribution in [0, 0.1) is 31.0 Å². The lowest BCUT2D eigenvalue weighted by atomic mass is 10.2.